The number of carbonyl (C=O) groups excluding carboxylic acids is 2. The number of nitrogens with one attached hydrogen (secondary N) is 1. The molecule has 0 saturated carbocycles. The number of benzene rings is 1. The number of nitrogens with zero attached hydrogens (tertiary/aromatic N) is 7. The SMILES string of the molecule is CC(COCc1cc([N+](=O)[O-])c2cnn(C)c2c1)NC(=O)c1cnn2c(N(C)C(=O)OC(C)(C)C)cc(Cl)nc12. The molecular formula is C25H29ClN8O6. The van der Waals surface area contributed by atoms with Gasteiger partial charge in [0.2, 0.25) is 0 Å². The maximum atomic E-state index is 13.1. The van der Waals surface area contributed by atoms with Gasteiger partial charge in [0.25, 0.3) is 11.6 Å². The van der Waals surface area contributed by atoms with Crippen molar-refractivity contribution in [2.24, 2.45) is 7.05 Å². The Kier molecular flexibility index (Phi) is 7.93. The van der Waals surface area contributed by atoms with Gasteiger partial charge in [0.1, 0.15) is 22.1 Å². The van der Waals surface area contributed by atoms with Crippen LogP contribution < -0.4 is 10.2 Å². The Hall–Kier alpha value is -4.30. The molecule has 15 heteroatoms. The first-order valence-electron chi connectivity index (χ1n) is 12.2. The lowest BCUT2D eigenvalue weighted by Crippen LogP contribution is -2.36. The van der Waals surface area contributed by atoms with Crippen LogP contribution in [0.5, 0.6) is 0 Å². The molecule has 0 aliphatic heterocycles. The third-order valence-electron chi connectivity index (χ3n) is 5.79. The zero-order valence-electron chi connectivity index (χ0n) is 22.8. The minimum absolute atomic E-state index is 0.0542. The zero-order valence-corrected chi connectivity index (χ0v) is 23.6. The third-order valence-corrected chi connectivity index (χ3v) is 5.99. The molecule has 0 bridgehead atoms. The number of carbonyl (C=O) groups is 2. The van der Waals surface area contributed by atoms with Gasteiger partial charge in [0, 0.05) is 32.3 Å². The van der Waals surface area contributed by atoms with Gasteiger partial charge in [-0.15, -0.1) is 0 Å². The van der Waals surface area contributed by atoms with Crippen molar-refractivity contribution in [3.8, 4) is 0 Å². The van der Waals surface area contributed by atoms with E-state index < -0.39 is 28.6 Å². The van der Waals surface area contributed by atoms with Crippen LogP contribution in [-0.2, 0) is 23.1 Å². The molecule has 4 rings (SSSR count). The van der Waals surface area contributed by atoms with Crippen LogP contribution in [0.4, 0.5) is 16.3 Å². The molecule has 1 atom stereocenters. The van der Waals surface area contributed by atoms with E-state index >= 15 is 0 Å². The predicted octanol–water partition coefficient (Wildman–Crippen LogP) is 3.88. The van der Waals surface area contributed by atoms with Crippen LogP contribution >= 0.6 is 11.6 Å². The Bertz CT molecular complexity index is 1610. The van der Waals surface area contributed by atoms with Gasteiger partial charge < -0.3 is 14.8 Å². The molecule has 2 amide bonds. The number of halogens is 1. The van der Waals surface area contributed by atoms with E-state index in [0.717, 1.165) is 0 Å². The average Bonchev–Trinajstić information content (AvgIpc) is 3.45. The molecule has 4 aromatic rings. The molecule has 40 heavy (non-hydrogen) atoms. The van der Waals surface area contributed by atoms with E-state index in [1.54, 1.807) is 45.5 Å². The highest BCUT2D eigenvalue weighted by Crippen LogP contribution is 2.27. The Labute approximate surface area is 233 Å². The van der Waals surface area contributed by atoms with Crippen molar-refractivity contribution in [2.75, 3.05) is 18.6 Å². The summed E-state index contributed by atoms with van der Waals surface area (Å²) < 4.78 is 14.0. The Balaban J connectivity index is 1.44. The summed E-state index contributed by atoms with van der Waals surface area (Å²) in [5.74, 6) is -0.210. The van der Waals surface area contributed by atoms with Gasteiger partial charge in [-0.3, -0.25) is 24.5 Å². The molecule has 212 valence electrons. The smallest absolute Gasteiger partial charge is 0.415 e. The third kappa shape index (κ3) is 6.13. The fourth-order valence-corrected chi connectivity index (χ4v) is 4.14. The number of fused-ring (bicyclic) bond motifs is 2. The first-order valence-corrected chi connectivity index (χ1v) is 12.6. The highest BCUT2D eigenvalue weighted by Gasteiger charge is 2.25. The molecule has 0 saturated heterocycles. The van der Waals surface area contributed by atoms with Crippen LogP contribution in [0.2, 0.25) is 5.15 Å². The molecule has 0 aliphatic carbocycles. The summed E-state index contributed by atoms with van der Waals surface area (Å²) in [6.07, 6.45) is 2.16. The van der Waals surface area contributed by atoms with E-state index in [9.17, 15) is 19.7 Å². The van der Waals surface area contributed by atoms with Crippen LogP contribution in [0.3, 0.4) is 0 Å². The number of amides is 2. The molecule has 0 radical (unpaired) electrons. The first kappa shape index (κ1) is 28.7. The Morgan fingerprint density at radius 1 is 1.23 bits per heavy atom. The van der Waals surface area contributed by atoms with Crippen LogP contribution in [-0.4, -0.2) is 66.6 Å². The topological polar surface area (TPSA) is 159 Å². The van der Waals surface area contributed by atoms with Gasteiger partial charge in [0.15, 0.2) is 5.65 Å². The Morgan fingerprint density at radius 2 is 1.95 bits per heavy atom. The maximum absolute atomic E-state index is 13.1. The fourth-order valence-electron chi connectivity index (χ4n) is 3.96. The van der Waals surface area contributed by atoms with Crippen molar-refractivity contribution < 1.29 is 24.0 Å². The molecule has 14 nitrogen and oxygen atoms in total. The molecule has 1 N–H and O–H groups in total. The summed E-state index contributed by atoms with van der Waals surface area (Å²) >= 11 is 6.21. The van der Waals surface area contributed by atoms with Crippen LogP contribution in [0.1, 0.15) is 43.6 Å². The fraction of sp³-hybridized carbons (Fsp3) is 0.400. The normalized spacial score (nSPS) is 12.5. The number of rotatable bonds is 8. The number of hydrogen-bond acceptors (Lipinski definition) is 9. The summed E-state index contributed by atoms with van der Waals surface area (Å²) in [6, 6.07) is 4.24. The quantitative estimate of drug-likeness (QED) is 0.188. The predicted molar refractivity (Wildman–Crippen MR) is 147 cm³/mol. The maximum Gasteiger partial charge on any atom is 0.415 e. The van der Waals surface area contributed by atoms with E-state index in [2.05, 4.69) is 20.5 Å². The van der Waals surface area contributed by atoms with Crippen molar-refractivity contribution in [3.63, 3.8) is 0 Å². The molecule has 0 spiro atoms. The monoisotopic (exact) mass is 572 g/mol. The minimum atomic E-state index is -0.714. The second kappa shape index (κ2) is 11.1. The molecule has 1 aromatic carbocycles. The number of ether oxygens (including phenoxy) is 2. The van der Waals surface area contributed by atoms with Gasteiger partial charge in [-0.2, -0.15) is 14.7 Å². The molecule has 3 heterocycles. The summed E-state index contributed by atoms with van der Waals surface area (Å²) in [7, 11) is 3.20. The molecule has 1 unspecified atom stereocenters. The number of nitro groups is 1. The van der Waals surface area contributed by atoms with E-state index in [1.165, 1.54) is 41.0 Å². The number of aromatic nitrogens is 5. The number of nitro benzene ring substituents is 1. The summed E-state index contributed by atoms with van der Waals surface area (Å²) in [4.78, 5) is 42.1. The van der Waals surface area contributed by atoms with Gasteiger partial charge in [-0.05, 0) is 39.3 Å². The lowest BCUT2D eigenvalue weighted by atomic mass is 10.1. The highest BCUT2D eigenvalue weighted by atomic mass is 35.5. The Morgan fingerprint density at radius 3 is 2.62 bits per heavy atom. The van der Waals surface area contributed by atoms with Crippen LogP contribution in [0.25, 0.3) is 16.6 Å². The lowest BCUT2D eigenvalue weighted by Gasteiger charge is -2.24. The first-order chi connectivity index (χ1) is 18.7. The molecule has 0 fully saturated rings. The van der Waals surface area contributed by atoms with E-state index in [4.69, 9.17) is 21.1 Å². The van der Waals surface area contributed by atoms with E-state index in [1.807, 2.05) is 0 Å². The molecule has 3 aromatic heterocycles. The van der Waals surface area contributed by atoms with Crippen molar-refractivity contribution >= 4 is 51.7 Å². The molecule has 0 aliphatic rings. The highest BCUT2D eigenvalue weighted by molar-refractivity contribution is 6.30. The van der Waals surface area contributed by atoms with Crippen LogP contribution in [0.15, 0.2) is 30.6 Å². The summed E-state index contributed by atoms with van der Waals surface area (Å²) in [5, 5.41) is 23.1. The standard InChI is InChI=1S/C25H29ClN8O6/c1-14(12-39-13-15-7-18-16(10-27-32(18)6)19(8-15)34(37)38)29-23(35)17-11-28-33-21(9-20(26)30-22(17)33)31(5)24(36)40-25(2,3)4/h7-11,14H,12-13H2,1-6H3,(H,29,35). The minimum Gasteiger partial charge on any atom is -0.443 e. The van der Waals surface area contributed by atoms with Crippen molar-refractivity contribution in [3.05, 3.63) is 57.0 Å². The van der Waals surface area contributed by atoms with Crippen molar-refractivity contribution in [1.29, 1.82) is 0 Å². The van der Waals surface area contributed by atoms with Gasteiger partial charge >= 0.3 is 6.09 Å². The van der Waals surface area contributed by atoms with Crippen LogP contribution in [0, 0.1) is 10.1 Å². The number of anilines is 1. The van der Waals surface area contributed by atoms with Crippen molar-refractivity contribution in [2.45, 2.75) is 45.9 Å². The van der Waals surface area contributed by atoms with E-state index in [-0.39, 0.29) is 41.1 Å². The molecular weight excluding hydrogens is 544 g/mol. The largest absolute Gasteiger partial charge is 0.443 e. The second-order valence-corrected chi connectivity index (χ2v) is 10.6. The zero-order chi connectivity index (χ0) is 29.4. The van der Waals surface area contributed by atoms with Gasteiger partial charge in [0.05, 0.1) is 41.4 Å². The second-order valence-electron chi connectivity index (χ2n) is 10.2. The summed E-state index contributed by atoms with van der Waals surface area (Å²) in [5.41, 5.74) is 0.746. The number of hydrogen-bond donors (Lipinski definition) is 1. The van der Waals surface area contributed by atoms with Crippen molar-refractivity contribution in [1.82, 2.24) is 29.7 Å². The average molecular weight is 573 g/mol. The number of non-ortho nitro benzene ring substituents is 1. The summed E-state index contributed by atoms with van der Waals surface area (Å²) in [6.45, 7) is 7.21. The number of aryl methyl sites for hydroxylation is 1. The van der Waals surface area contributed by atoms with Gasteiger partial charge in [-0.1, -0.05) is 11.6 Å². The lowest BCUT2D eigenvalue weighted by molar-refractivity contribution is -0.383. The van der Waals surface area contributed by atoms with Gasteiger partial charge in [-0.25, -0.2) is 9.78 Å². The van der Waals surface area contributed by atoms with E-state index in [0.29, 0.717) is 16.5 Å².